The third kappa shape index (κ3) is 5.09. The number of hydrogen-bond donors (Lipinski definition) is 2. The maximum Gasteiger partial charge on any atom is 0.172 e. The number of halogens is 4. The lowest BCUT2D eigenvalue weighted by Crippen LogP contribution is -2.05. The summed E-state index contributed by atoms with van der Waals surface area (Å²) in [7, 11) is 0. The molecule has 0 spiro atoms. The number of benzene rings is 2. The molecular weight excluding hydrogens is 579 g/mol. The Morgan fingerprint density at radius 1 is 0.656 bits per heavy atom. The molecule has 2 aromatic heterocycles. The Labute approximate surface area is 211 Å². The highest BCUT2D eigenvalue weighted by Gasteiger charge is 2.24. The Morgan fingerprint density at radius 2 is 1.12 bits per heavy atom. The average Bonchev–Trinajstić information content (AvgIpc) is 3.68. The van der Waals surface area contributed by atoms with Crippen molar-refractivity contribution in [2.75, 3.05) is 10.6 Å². The number of nitrogens with one attached hydrogen (secondary N) is 2. The van der Waals surface area contributed by atoms with Crippen molar-refractivity contribution in [2.24, 2.45) is 0 Å². The Morgan fingerprint density at radius 3 is 1.69 bits per heavy atom. The van der Waals surface area contributed by atoms with E-state index < -0.39 is 0 Å². The monoisotopic (exact) mass is 594 g/mol. The largest absolute Gasteiger partial charge is 0.365 e. The van der Waals surface area contributed by atoms with Crippen molar-refractivity contribution in [1.29, 1.82) is 0 Å². The maximum atomic E-state index is 6.09. The van der Waals surface area contributed by atoms with Gasteiger partial charge in [0.15, 0.2) is 21.9 Å². The summed E-state index contributed by atoms with van der Waals surface area (Å²) < 4.78 is 1.85. The molecule has 0 unspecified atom stereocenters. The summed E-state index contributed by atoms with van der Waals surface area (Å²) in [5.41, 5.74) is 3.30. The molecule has 6 nitrogen and oxygen atoms in total. The summed E-state index contributed by atoms with van der Waals surface area (Å²) in [5.74, 6) is 1.37. The maximum absolute atomic E-state index is 6.09. The number of aromatic nitrogens is 4. The number of anilines is 2. The van der Waals surface area contributed by atoms with Gasteiger partial charge in [-0.15, -0.1) is 0 Å². The fourth-order valence-corrected chi connectivity index (χ4v) is 4.33. The fourth-order valence-electron chi connectivity index (χ4n) is 3.07. The van der Waals surface area contributed by atoms with Crippen LogP contribution < -0.4 is 10.6 Å². The van der Waals surface area contributed by atoms with Crippen LogP contribution in [-0.4, -0.2) is 32.0 Å². The highest BCUT2D eigenvalue weighted by molar-refractivity contribution is 9.11. The van der Waals surface area contributed by atoms with Gasteiger partial charge in [0.1, 0.15) is 11.0 Å². The molecule has 10 heteroatoms. The van der Waals surface area contributed by atoms with Gasteiger partial charge in [0.25, 0.3) is 0 Å². The molecule has 164 valence electrons. The first-order chi connectivity index (χ1) is 15.5. The second-order valence-corrected chi connectivity index (χ2v) is 10.2. The SMILES string of the molecule is Clc1nc2c(Br)cccc2nc1NC1CC1.Clc1nc2cccc(Br)c2nc1NC1CC1. The third-order valence-corrected chi connectivity index (χ3v) is 6.85. The van der Waals surface area contributed by atoms with Gasteiger partial charge >= 0.3 is 0 Å². The molecule has 0 amide bonds. The number of nitrogens with zero attached hydrogens (tertiary/aromatic N) is 4. The molecule has 2 aromatic carbocycles. The molecule has 2 aliphatic carbocycles. The van der Waals surface area contributed by atoms with Gasteiger partial charge in [0.2, 0.25) is 0 Å². The molecule has 2 saturated carbocycles. The smallest absolute Gasteiger partial charge is 0.172 e. The lowest BCUT2D eigenvalue weighted by molar-refractivity contribution is 1.11. The second-order valence-electron chi connectivity index (χ2n) is 7.78. The van der Waals surface area contributed by atoms with Gasteiger partial charge in [-0.05, 0) is 81.8 Å². The van der Waals surface area contributed by atoms with E-state index in [1.807, 2.05) is 36.4 Å². The standard InChI is InChI=1S/2C11H9BrClN3/c12-7-2-1-3-8-9(7)16-10(13)11(15-8)14-6-4-5-6;12-7-2-1-3-8-9(7)16-11(10(13)15-8)14-6-4-5-6/h1-3,6H,4-5H2,(H,14,15);1-3,6H,4-5H2,(H,14,16). The van der Waals surface area contributed by atoms with E-state index in [9.17, 15) is 0 Å². The Hall–Kier alpha value is -1.74. The lowest BCUT2D eigenvalue weighted by atomic mass is 10.3. The van der Waals surface area contributed by atoms with Gasteiger partial charge in [-0.3, -0.25) is 0 Å². The van der Waals surface area contributed by atoms with E-state index in [4.69, 9.17) is 23.2 Å². The van der Waals surface area contributed by atoms with Gasteiger partial charge in [-0.25, -0.2) is 19.9 Å². The predicted molar refractivity (Wildman–Crippen MR) is 138 cm³/mol. The van der Waals surface area contributed by atoms with Gasteiger partial charge in [-0.1, -0.05) is 35.3 Å². The minimum absolute atomic E-state index is 0.436. The van der Waals surface area contributed by atoms with Crippen LogP contribution in [0.25, 0.3) is 22.1 Å². The summed E-state index contributed by atoms with van der Waals surface area (Å²) in [5, 5.41) is 7.43. The van der Waals surface area contributed by atoms with E-state index in [1.54, 1.807) is 0 Å². The van der Waals surface area contributed by atoms with Crippen molar-refractivity contribution >= 4 is 88.8 Å². The average molecular weight is 597 g/mol. The van der Waals surface area contributed by atoms with E-state index in [2.05, 4.69) is 62.4 Å². The quantitative estimate of drug-likeness (QED) is 0.259. The van der Waals surface area contributed by atoms with Crippen molar-refractivity contribution in [3.8, 4) is 0 Å². The van der Waals surface area contributed by atoms with E-state index in [0.717, 1.165) is 31.0 Å². The molecule has 2 fully saturated rings. The van der Waals surface area contributed by atoms with Crippen LogP contribution in [0.1, 0.15) is 25.7 Å². The summed E-state index contributed by atoms with van der Waals surface area (Å²) in [6, 6.07) is 12.6. The summed E-state index contributed by atoms with van der Waals surface area (Å²) in [4.78, 5) is 17.7. The summed E-state index contributed by atoms with van der Waals surface area (Å²) in [6.45, 7) is 0. The lowest BCUT2D eigenvalue weighted by Gasteiger charge is -2.07. The van der Waals surface area contributed by atoms with E-state index in [0.29, 0.717) is 34.0 Å². The van der Waals surface area contributed by atoms with Crippen LogP contribution >= 0.6 is 55.1 Å². The molecule has 4 aromatic rings. The third-order valence-electron chi connectivity index (χ3n) is 5.04. The van der Waals surface area contributed by atoms with Crippen LogP contribution in [0.2, 0.25) is 10.3 Å². The van der Waals surface area contributed by atoms with Crippen molar-refractivity contribution in [1.82, 2.24) is 19.9 Å². The number of para-hydroxylation sites is 2. The van der Waals surface area contributed by atoms with Crippen LogP contribution in [0.4, 0.5) is 11.6 Å². The molecule has 0 aliphatic heterocycles. The molecule has 2 aliphatic rings. The van der Waals surface area contributed by atoms with E-state index in [1.165, 1.54) is 25.7 Å². The Kier molecular flexibility index (Phi) is 6.38. The minimum atomic E-state index is 0.436. The summed E-state index contributed by atoms with van der Waals surface area (Å²) >= 11 is 19.1. The molecule has 6 rings (SSSR count). The zero-order valence-corrected chi connectivity index (χ0v) is 21.4. The molecule has 0 saturated heterocycles. The molecular formula is C22H18Br2Cl2N6. The first-order valence-electron chi connectivity index (χ1n) is 10.2. The van der Waals surface area contributed by atoms with Gasteiger partial charge in [0.05, 0.1) is 11.0 Å². The van der Waals surface area contributed by atoms with E-state index >= 15 is 0 Å². The van der Waals surface area contributed by atoms with Gasteiger partial charge in [0, 0.05) is 21.0 Å². The Bertz CT molecular complexity index is 1310. The highest BCUT2D eigenvalue weighted by Crippen LogP contribution is 2.31. The van der Waals surface area contributed by atoms with Crippen molar-refractivity contribution in [3.63, 3.8) is 0 Å². The first-order valence-corrected chi connectivity index (χ1v) is 12.6. The van der Waals surface area contributed by atoms with Crippen LogP contribution in [0.3, 0.4) is 0 Å². The molecule has 0 radical (unpaired) electrons. The summed E-state index contributed by atoms with van der Waals surface area (Å²) in [6.07, 6.45) is 4.75. The van der Waals surface area contributed by atoms with Gasteiger partial charge in [-0.2, -0.15) is 0 Å². The zero-order chi connectivity index (χ0) is 22.2. The number of fused-ring (bicyclic) bond motifs is 2. The van der Waals surface area contributed by atoms with Crippen LogP contribution in [0.15, 0.2) is 45.3 Å². The first kappa shape index (κ1) is 22.1. The fraction of sp³-hybridized carbons (Fsp3) is 0.273. The molecule has 2 N–H and O–H groups in total. The van der Waals surface area contributed by atoms with Crippen molar-refractivity contribution in [2.45, 2.75) is 37.8 Å². The highest BCUT2D eigenvalue weighted by atomic mass is 79.9. The van der Waals surface area contributed by atoms with Crippen LogP contribution in [-0.2, 0) is 0 Å². The van der Waals surface area contributed by atoms with Gasteiger partial charge < -0.3 is 10.6 Å². The molecule has 32 heavy (non-hydrogen) atoms. The van der Waals surface area contributed by atoms with Crippen molar-refractivity contribution < 1.29 is 0 Å². The topological polar surface area (TPSA) is 75.6 Å². The minimum Gasteiger partial charge on any atom is -0.365 e. The predicted octanol–water partition coefficient (Wildman–Crippen LogP) is 7.24. The normalized spacial score (nSPS) is 15.4. The Balaban J connectivity index is 0.000000135. The van der Waals surface area contributed by atoms with Crippen LogP contribution in [0.5, 0.6) is 0 Å². The number of rotatable bonds is 4. The van der Waals surface area contributed by atoms with Crippen molar-refractivity contribution in [3.05, 3.63) is 55.6 Å². The second kappa shape index (κ2) is 9.25. The van der Waals surface area contributed by atoms with Crippen LogP contribution in [0, 0.1) is 0 Å². The number of hydrogen-bond acceptors (Lipinski definition) is 6. The molecule has 0 bridgehead atoms. The molecule has 0 atom stereocenters. The molecule has 2 heterocycles. The van der Waals surface area contributed by atoms with E-state index in [-0.39, 0.29) is 0 Å². The zero-order valence-electron chi connectivity index (χ0n) is 16.7.